The summed E-state index contributed by atoms with van der Waals surface area (Å²) in [5.74, 6) is -1.32. The minimum Gasteiger partial charge on any atom is -0.489 e. The molecular weight excluding hydrogens is 423 g/mol. The number of methoxy groups -OCH3 is 1. The van der Waals surface area contributed by atoms with Gasteiger partial charge in [0.05, 0.1) is 25.0 Å². The van der Waals surface area contributed by atoms with Crippen LogP contribution in [-0.4, -0.2) is 40.1 Å². The van der Waals surface area contributed by atoms with Gasteiger partial charge in [0.25, 0.3) is 0 Å². The molecule has 160 valence electrons. The number of hydrogen-bond donors (Lipinski definition) is 2. The number of pyridine rings is 2. The van der Waals surface area contributed by atoms with E-state index in [0.29, 0.717) is 0 Å². The van der Waals surface area contributed by atoms with Crippen molar-refractivity contribution in [3.8, 4) is 5.75 Å². The number of aliphatic imine (C=N–C) groups is 1. The molecule has 0 atom stereocenters. The average Bonchev–Trinajstić information content (AvgIpc) is 2.66. The second kappa shape index (κ2) is 9.48. The van der Waals surface area contributed by atoms with Crippen molar-refractivity contribution in [3.63, 3.8) is 0 Å². The molecule has 0 aliphatic heterocycles. The van der Waals surface area contributed by atoms with E-state index in [-0.39, 0.29) is 28.3 Å². The molecule has 0 saturated heterocycles. The molecule has 0 radical (unpaired) electrons. The van der Waals surface area contributed by atoms with Crippen molar-refractivity contribution >= 4 is 35.0 Å². The number of ether oxygens (including phenoxy) is 2. The second-order valence-electron chi connectivity index (χ2n) is 6.05. The lowest BCUT2D eigenvalue weighted by atomic mass is 10.1. The predicted octanol–water partition coefficient (Wildman–Crippen LogP) is 3.17. The van der Waals surface area contributed by atoms with Crippen LogP contribution in [0.2, 0.25) is 0 Å². The van der Waals surface area contributed by atoms with Crippen molar-refractivity contribution in [1.29, 1.82) is 0 Å². The van der Waals surface area contributed by atoms with Gasteiger partial charge >= 0.3 is 12.1 Å². The van der Waals surface area contributed by atoms with E-state index in [0.717, 1.165) is 12.3 Å². The van der Waals surface area contributed by atoms with Gasteiger partial charge in [0.2, 0.25) is 0 Å². The van der Waals surface area contributed by atoms with Crippen LogP contribution in [-0.2, 0) is 10.9 Å². The normalized spacial score (nSPS) is 11.9. The van der Waals surface area contributed by atoms with Gasteiger partial charge in [0.15, 0.2) is 10.9 Å². The Morgan fingerprint density at radius 1 is 1.33 bits per heavy atom. The van der Waals surface area contributed by atoms with Crippen LogP contribution in [0.25, 0.3) is 0 Å². The Labute approximate surface area is 175 Å². The maximum atomic E-state index is 13.5. The summed E-state index contributed by atoms with van der Waals surface area (Å²) in [6.45, 7) is 3.34. The fourth-order valence-corrected chi connectivity index (χ4v) is 2.47. The van der Waals surface area contributed by atoms with E-state index in [1.165, 1.54) is 25.4 Å². The van der Waals surface area contributed by atoms with Crippen molar-refractivity contribution in [2.24, 2.45) is 10.7 Å². The van der Waals surface area contributed by atoms with Crippen LogP contribution < -0.4 is 15.8 Å². The van der Waals surface area contributed by atoms with Gasteiger partial charge in [-0.3, -0.25) is 0 Å². The van der Waals surface area contributed by atoms with E-state index in [9.17, 15) is 18.0 Å². The summed E-state index contributed by atoms with van der Waals surface area (Å²) >= 11 is 5.01. The number of amidine groups is 1. The lowest BCUT2D eigenvalue weighted by Crippen LogP contribution is -2.24. The Kier molecular flexibility index (Phi) is 7.27. The zero-order chi connectivity index (χ0) is 22.5. The highest BCUT2D eigenvalue weighted by Crippen LogP contribution is 2.33. The third-order valence-corrected chi connectivity index (χ3v) is 3.64. The molecular formula is C18H18F3N5O3S. The number of nitrogens with zero attached hydrogens (tertiary/aromatic N) is 3. The van der Waals surface area contributed by atoms with Crippen molar-refractivity contribution in [1.82, 2.24) is 9.97 Å². The molecule has 30 heavy (non-hydrogen) atoms. The number of carbonyl (C=O) groups is 1. The number of esters is 1. The largest absolute Gasteiger partial charge is 0.489 e. The number of anilines is 1. The Hall–Kier alpha value is -3.28. The van der Waals surface area contributed by atoms with E-state index >= 15 is 0 Å². The van der Waals surface area contributed by atoms with Gasteiger partial charge in [-0.25, -0.2) is 19.8 Å². The van der Waals surface area contributed by atoms with E-state index in [1.54, 1.807) is 13.8 Å². The Bertz CT molecular complexity index is 980. The summed E-state index contributed by atoms with van der Waals surface area (Å²) in [5.41, 5.74) is 4.04. The van der Waals surface area contributed by atoms with Crippen LogP contribution >= 0.6 is 12.2 Å². The zero-order valence-corrected chi connectivity index (χ0v) is 17.0. The molecule has 0 saturated carbocycles. The minimum absolute atomic E-state index is 0.00980. The molecule has 0 spiro atoms. The number of carbonyl (C=O) groups excluding carboxylic acids is 1. The standard InChI is InChI=1S/C18H18F3N5O3S/c1-9(2)29-10-7-12(18(19,20)21)13(24-8-10)14(22)25-17(30)26-15-11(16(27)28-3)5-4-6-23-15/h4-9H,1-3H3,(H3,22,23,25,26,30). The summed E-state index contributed by atoms with van der Waals surface area (Å²) < 4.78 is 50.3. The van der Waals surface area contributed by atoms with Crippen molar-refractivity contribution in [2.75, 3.05) is 12.4 Å². The number of alkyl halides is 3. The molecule has 2 aromatic heterocycles. The number of nitrogens with one attached hydrogen (secondary N) is 1. The van der Waals surface area contributed by atoms with Gasteiger partial charge in [0, 0.05) is 6.20 Å². The maximum Gasteiger partial charge on any atom is 0.418 e. The molecule has 0 bridgehead atoms. The van der Waals surface area contributed by atoms with Gasteiger partial charge in [0.1, 0.15) is 22.8 Å². The van der Waals surface area contributed by atoms with E-state index < -0.39 is 29.2 Å². The Morgan fingerprint density at radius 3 is 2.63 bits per heavy atom. The van der Waals surface area contributed by atoms with Gasteiger partial charge in [-0.2, -0.15) is 13.2 Å². The number of hydrogen-bond acceptors (Lipinski definition) is 6. The first-order chi connectivity index (χ1) is 14.0. The summed E-state index contributed by atoms with van der Waals surface area (Å²) in [6.07, 6.45) is -2.62. The highest BCUT2D eigenvalue weighted by Gasteiger charge is 2.36. The number of halogens is 3. The van der Waals surface area contributed by atoms with Crippen LogP contribution in [0.15, 0.2) is 35.6 Å². The van der Waals surface area contributed by atoms with Crippen LogP contribution in [0.1, 0.15) is 35.5 Å². The molecule has 0 amide bonds. The van der Waals surface area contributed by atoms with Gasteiger partial charge < -0.3 is 20.5 Å². The van der Waals surface area contributed by atoms with Gasteiger partial charge in [-0.1, -0.05) is 0 Å². The summed E-state index contributed by atoms with van der Waals surface area (Å²) in [4.78, 5) is 23.2. The van der Waals surface area contributed by atoms with E-state index in [1.807, 2.05) is 0 Å². The van der Waals surface area contributed by atoms with Crippen LogP contribution in [0, 0.1) is 0 Å². The van der Waals surface area contributed by atoms with Crippen LogP contribution in [0.5, 0.6) is 5.75 Å². The van der Waals surface area contributed by atoms with Crippen molar-refractivity contribution < 1.29 is 27.4 Å². The van der Waals surface area contributed by atoms with Crippen LogP contribution in [0.4, 0.5) is 19.0 Å². The Morgan fingerprint density at radius 2 is 2.03 bits per heavy atom. The maximum absolute atomic E-state index is 13.5. The van der Waals surface area contributed by atoms with Crippen molar-refractivity contribution in [3.05, 3.63) is 47.4 Å². The molecule has 8 nitrogen and oxygen atoms in total. The molecule has 3 N–H and O–H groups in total. The summed E-state index contributed by atoms with van der Waals surface area (Å²) in [7, 11) is 1.19. The predicted molar refractivity (Wildman–Crippen MR) is 108 cm³/mol. The fraction of sp³-hybridized carbons (Fsp3) is 0.278. The monoisotopic (exact) mass is 441 g/mol. The SMILES string of the molecule is COC(=O)c1cccnc1NC(=S)N=C(N)c1ncc(OC(C)C)cc1C(F)(F)F. The van der Waals surface area contributed by atoms with Crippen LogP contribution in [0.3, 0.4) is 0 Å². The summed E-state index contributed by atoms with van der Waals surface area (Å²) in [5, 5.41) is 2.22. The molecule has 0 aromatic carbocycles. The first-order valence-electron chi connectivity index (χ1n) is 8.45. The molecule has 0 fully saturated rings. The Balaban J connectivity index is 2.35. The smallest absolute Gasteiger partial charge is 0.418 e. The molecule has 0 aliphatic rings. The fourth-order valence-electron chi connectivity index (χ4n) is 2.27. The van der Waals surface area contributed by atoms with E-state index in [2.05, 4.69) is 25.0 Å². The molecule has 2 heterocycles. The zero-order valence-electron chi connectivity index (χ0n) is 16.1. The van der Waals surface area contributed by atoms with E-state index in [4.69, 9.17) is 22.7 Å². The summed E-state index contributed by atoms with van der Waals surface area (Å²) in [6, 6.07) is 3.71. The molecule has 2 rings (SSSR count). The lowest BCUT2D eigenvalue weighted by Gasteiger charge is -2.15. The third-order valence-electron chi connectivity index (χ3n) is 3.44. The lowest BCUT2D eigenvalue weighted by molar-refractivity contribution is -0.138. The topological polar surface area (TPSA) is 112 Å². The highest BCUT2D eigenvalue weighted by molar-refractivity contribution is 7.80. The van der Waals surface area contributed by atoms with Gasteiger partial charge in [-0.15, -0.1) is 0 Å². The quantitative estimate of drug-likeness (QED) is 0.315. The average molecular weight is 441 g/mol. The first-order valence-corrected chi connectivity index (χ1v) is 8.86. The van der Waals surface area contributed by atoms with Crippen molar-refractivity contribution in [2.45, 2.75) is 26.1 Å². The molecule has 0 unspecified atom stereocenters. The molecule has 12 heteroatoms. The molecule has 2 aromatic rings. The third kappa shape index (κ3) is 5.86. The highest BCUT2D eigenvalue weighted by atomic mass is 32.1. The van der Waals surface area contributed by atoms with Gasteiger partial charge in [-0.05, 0) is 44.3 Å². The number of nitrogens with two attached hydrogens (primary N) is 1. The number of aromatic nitrogens is 2. The first kappa shape index (κ1) is 23.0. The molecule has 0 aliphatic carbocycles. The number of thiocarbonyl (C=S) groups is 1. The minimum atomic E-state index is -4.76. The second-order valence-corrected chi connectivity index (χ2v) is 6.44. The number of rotatable bonds is 5.